The van der Waals surface area contributed by atoms with Crippen molar-refractivity contribution in [2.24, 2.45) is 5.92 Å². The Bertz CT molecular complexity index is 329. The average molecular weight is 264 g/mol. The van der Waals surface area contributed by atoms with Crippen LogP contribution in [0.4, 0.5) is 0 Å². The van der Waals surface area contributed by atoms with Crippen LogP contribution in [0.2, 0.25) is 0 Å². The summed E-state index contributed by atoms with van der Waals surface area (Å²) in [7, 11) is 0. The van der Waals surface area contributed by atoms with Crippen LogP contribution in [0, 0.1) is 5.92 Å². The molecule has 1 aliphatic rings. The molecule has 1 aliphatic carbocycles. The molecule has 3 heteroatoms. The largest absolute Gasteiger partial charge is 0.312 e. The van der Waals surface area contributed by atoms with Gasteiger partial charge < -0.3 is 5.32 Å². The zero-order valence-electron chi connectivity index (χ0n) is 11.3. The lowest BCUT2D eigenvalue weighted by molar-refractivity contribution is 0.394. The van der Waals surface area contributed by atoms with Crippen molar-refractivity contribution in [1.29, 1.82) is 0 Å². The molecule has 0 aromatic carbocycles. The minimum absolute atomic E-state index is 0.911. The molecule has 1 N–H and O–H groups in total. The average Bonchev–Trinajstić information content (AvgIpc) is 2.40. The molecule has 1 aromatic rings. The van der Waals surface area contributed by atoms with Crippen LogP contribution in [0.5, 0.6) is 0 Å². The first-order valence-electron chi connectivity index (χ1n) is 7.06. The van der Waals surface area contributed by atoms with E-state index in [9.17, 15) is 0 Å². The van der Waals surface area contributed by atoms with Gasteiger partial charge in [0.25, 0.3) is 0 Å². The Morgan fingerprint density at radius 1 is 1.44 bits per heavy atom. The first-order chi connectivity index (χ1) is 8.84. The minimum Gasteiger partial charge on any atom is -0.312 e. The van der Waals surface area contributed by atoms with Gasteiger partial charge in [-0.3, -0.25) is 4.98 Å². The lowest BCUT2D eigenvalue weighted by Crippen LogP contribution is -2.20. The fourth-order valence-electron chi connectivity index (χ4n) is 2.56. The van der Waals surface area contributed by atoms with Gasteiger partial charge in [0.2, 0.25) is 0 Å². The van der Waals surface area contributed by atoms with Crippen molar-refractivity contribution in [1.82, 2.24) is 10.3 Å². The number of pyridine rings is 1. The zero-order chi connectivity index (χ0) is 12.6. The van der Waals surface area contributed by atoms with E-state index in [1.165, 1.54) is 37.0 Å². The van der Waals surface area contributed by atoms with Crippen molar-refractivity contribution in [3.8, 4) is 0 Å². The number of aromatic nitrogens is 1. The van der Waals surface area contributed by atoms with Crippen molar-refractivity contribution in [2.45, 2.75) is 44.4 Å². The summed E-state index contributed by atoms with van der Waals surface area (Å²) in [6, 6.07) is 4.12. The molecule has 0 saturated heterocycles. The van der Waals surface area contributed by atoms with Crippen molar-refractivity contribution >= 4 is 11.8 Å². The monoisotopic (exact) mass is 264 g/mol. The SMILES string of the molecule is CC1CCCC(SCCNCc2cccnc2)C1. The Balaban J connectivity index is 1.53. The van der Waals surface area contributed by atoms with Crippen LogP contribution < -0.4 is 5.32 Å². The first-order valence-corrected chi connectivity index (χ1v) is 8.10. The smallest absolute Gasteiger partial charge is 0.0312 e. The first kappa shape index (κ1) is 13.9. The van der Waals surface area contributed by atoms with Crippen LogP contribution in [-0.2, 0) is 6.54 Å². The van der Waals surface area contributed by atoms with Gasteiger partial charge in [-0.2, -0.15) is 11.8 Å². The molecule has 100 valence electrons. The standard InChI is InChI=1S/C15H24N2S/c1-13-4-2-6-15(10-13)18-9-8-17-12-14-5-3-7-16-11-14/h3,5,7,11,13,15,17H,2,4,6,8-10,12H2,1H3. The number of hydrogen-bond donors (Lipinski definition) is 1. The third-order valence-electron chi connectivity index (χ3n) is 3.57. The fraction of sp³-hybridized carbons (Fsp3) is 0.667. The highest BCUT2D eigenvalue weighted by Crippen LogP contribution is 2.31. The zero-order valence-corrected chi connectivity index (χ0v) is 12.1. The molecule has 0 aliphatic heterocycles. The number of nitrogens with one attached hydrogen (secondary N) is 1. The van der Waals surface area contributed by atoms with E-state index in [1.54, 1.807) is 0 Å². The van der Waals surface area contributed by atoms with Gasteiger partial charge in [0.15, 0.2) is 0 Å². The molecule has 0 bridgehead atoms. The molecular formula is C15H24N2S. The second-order valence-electron chi connectivity index (χ2n) is 5.30. The number of hydrogen-bond acceptors (Lipinski definition) is 3. The number of rotatable bonds is 6. The molecule has 2 unspecified atom stereocenters. The van der Waals surface area contributed by atoms with Gasteiger partial charge in [0, 0.05) is 36.5 Å². The summed E-state index contributed by atoms with van der Waals surface area (Å²) in [5.41, 5.74) is 1.27. The summed E-state index contributed by atoms with van der Waals surface area (Å²) >= 11 is 2.16. The quantitative estimate of drug-likeness (QED) is 0.796. The molecule has 1 aromatic heterocycles. The highest BCUT2D eigenvalue weighted by molar-refractivity contribution is 7.99. The summed E-state index contributed by atoms with van der Waals surface area (Å²) < 4.78 is 0. The Hall–Kier alpha value is -0.540. The molecule has 1 fully saturated rings. The van der Waals surface area contributed by atoms with Crippen LogP contribution in [0.25, 0.3) is 0 Å². The van der Waals surface area contributed by atoms with Gasteiger partial charge >= 0.3 is 0 Å². The van der Waals surface area contributed by atoms with E-state index in [2.05, 4.69) is 35.1 Å². The van der Waals surface area contributed by atoms with Crippen molar-refractivity contribution < 1.29 is 0 Å². The molecule has 2 nitrogen and oxygen atoms in total. The molecular weight excluding hydrogens is 240 g/mol. The molecule has 2 rings (SSSR count). The summed E-state index contributed by atoms with van der Waals surface area (Å²) in [4.78, 5) is 4.12. The van der Waals surface area contributed by atoms with Crippen LogP contribution >= 0.6 is 11.8 Å². The molecule has 1 saturated carbocycles. The normalized spacial score (nSPS) is 24.1. The summed E-state index contributed by atoms with van der Waals surface area (Å²) in [5.74, 6) is 2.18. The van der Waals surface area contributed by atoms with Crippen LogP contribution in [0.15, 0.2) is 24.5 Å². The van der Waals surface area contributed by atoms with E-state index in [-0.39, 0.29) is 0 Å². The van der Waals surface area contributed by atoms with E-state index in [1.807, 2.05) is 18.5 Å². The summed E-state index contributed by atoms with van der Waals surface area (Å²) in [6.07, 6.45) is 9.48. The molecule has 0 radical (unpaired) electrons. The second kappa shape index (κ2) is 7.80. The van der Waals surface area contributed by atoms with Gasteiger partial charge in [-0.25, -0.2) is 0 Å². The molecule has 0 spiro atoms. The Morgan fingerprint density at radius 3 is 3.17 bits per heavy atom. The maximum atomic E-state index is 4.12. The maximum Gasteiger partial charge on any atom is 0.0312 e. The van der Waals surface area contributed by atoms with Crippen LogP contribution in [0.3, 0.4) is 0 Å². The van der Waals surface area contributed by atoms with Gasteiger partial charge in [-0.15, -0.1) is 0 Å². The fourth-order valence-corrected chi connectivity index (χ4v) is 3.96. The molecule has 2 atom stereocenters. The van der Waals surface area contributed by atoms with Gasteiger partial charge in [-0.05, 0) is 30.4 Å². The molecule has 1 heterocycles. The topological polar surface area (TPSA) is 24.9 Å². The third kappa shape index (κ3) is 4.99. The molecule has 0 amide bonds. The van der Waals surface area contributed by atoms with Gasteiger partial charge in [0.1, 0.15) is 0 Å². The number of thioether (sulfide) groups is 1. The Labute approximate surface area is 115 Å². The van der Waals surface area contributed by atoms with E-state index >= 15 is 0 Å². The van der Waals surface area contributed by atoms with Crippen LogP contribution in [0.1, 0.15) is 38.2 Å². The van der Waals surface area contributed by atoms with Gasteiger partial charge in [0.05, 0.1) is 0 Å². The number of nitrogens with zero attached hydrogens (tertiary/aromatic N) is 1. The maximum absolute atomic E-state index is 4.12. The predicted molar refractivity (Wildman–Crippen MR) is 79.8 cm³/mol. The Morgan fingerprint density at radius 2 is 2.39 bits per heavy atom. The van der Waals surface area contributed by atoms with Gasteiger partial charge in [-0.1, -0.05) is 25.8 Å². The second-order valence-corrected chi connectivity index (χ2v) is 6.71. The van der Waals surface area contributed by atoms with Crippen LogP contribution in [-0.4, -0.2) is 22.5 Å². The minimum atomic E-state index is 0.911. The van der Waals surface area contributed by atoms with Crippen molar-refractivity contribution in [3.63, 3.8) is 0 Å². The highest BCUT2D eigenvalue weighted by atomic mass is 32.2. The van der Waals surface area contributed by atoms with Crippen molar-refractivity contribution in [3.05, 3.63) is 30.1 Å². The Kier molecular flexibility index (Phi) is 6.01. The van der Waals surface area contributed by atoms with E-state index in [0.29, 0.717) is 0 Å². The highest BCUT2D eigenvalue weighted by Gasteiger charge is 2.18. The lowest BCUT2D eigenvalue weighted by Gasteiger charge is -2.26. The lowest BCUT2D eigenvalue weighted by atomic mass is 9.91. The van der Waals surface area contributed by atoms with Crippen molar-refractivity contribution in [2.75, 3.05) is 12.3 Å². The predicted octanol–water partition coefficient (Wildman–Crippen LogP) is 3.48. The summed E-state index contributed by atoms with van der Waals surface area (Å²) in [5, 5.41) is 4.40. The van der Waals surface area contributed by atoms with E-state index in [0.717, 1.165) is 24.3 Å². The summed E-state index contributed by atoms with van der Waals surface area (Å²) in [6.45, 7) is 4.44. The molecule has 18 heavy (non-hydrogen) atoms. The van der Waals surface area contributed by atoms with E-state index < -0.39 is 0 Å². The van der Waals surface area contributed by atoms with E-state index in [4.69, 9.17) is 0 Å². The third-order valence-corrected chi connectivity index (χ3v) is 4.91.